The van der Waals surface area contributed by atoms with Crippen LogP contribution in [0, 0.1) is 0 Å². The summed E-state index contributed by atoms with van der Waals surface area (Å²) in [4.78, 5) is 8.36. The predicted molar refractivity (Wildman–Crippen MR) is 127 cm³/mol. The second-order valence-corrected chi connectivity index (χ2v) is 7.44. The van der Waals surface area contributed by atoms with E-state index in [1.165, 1.54) is 0 Å². The summed E-state index contributed by atoms with van der Waals surface area (Å²) in [5.74, 6) is 0.491. The average Bonchev–Trinajstić information content (AvgIpc) is 2.70. The SMILES string of the molecule is CN(C)c1ccc(/C=C/c2cccc(/C=C/c3ccc(N(C)C)c(O)c3)n2)cc1O. The molecule has 2 aromatic carbocycles. The summed E-state index contributed by atoms with van der Waals surface area (Å²) in [5.41, 5.74) is 5.00. The summed E-state index contributed by atoms with van der Waals surface area (Å²) in [6.07, 6.45) is 7.68. The van der Waals surface area contributed by atoms with Gasteiger partial charge < -0.3 is 20.0 Å². The first-order chi connectivity index (χ1) is 14.3. The zero-order chi connectivity index (χ0) is 21.7. The van der Waals surface area contributed by atoms with E-state index < -0.39 is 0 Å². The van der Waals surface area contributed by atoms with Crippen molar-refractivity contribution in [1.29, 1.82) is 0 Å². The van der Waals surface area contributed by atoms with Crippen LogP contribution in [-0.2, 0) is 0 Å². The van der Waals surface area contributed by atoms with Crippen molar-refractivity contribution in [2.75, 3.05) is 38.0 Å². The lowest BCUT2D eigenvalue weighted by Crippen LogP contribution is -2.08. The van der Waals surface area contributed by atoms with Gasteiger partial charge in [0, 0.05) is 28.2 Å². The lowest BCUT2D eigenvalue weighted by Gasteiger charge is -2.14. The Morgan fingerprint density at radius 2 is 1.07 bits per heavy atom. The van der Waals surface area contributed by atoms with Gasteiger partial charge in [-0.25, -0.2) is 4.98 Å². The minimum absolute atomic E-state index is 0.246. The fourth-order valence-electron chi connectivity index (χ4n) is 3.06. The molecule has 2 N–H and O–H groups in total. The Labute approximate surface area is 177 Å². The predicted octanol–water partition coefficient (Wildman–Crippen LogP) is 4.97. The van der Waals surface area contributed by atoms with Crippen LogP contribution in [0.15, 0.2) is 54.6 Å². The highest BCUT2D eigenvalue weighted by Gasteiger charge is 2.04. The Morgan fingerprint density at radius 3 is 1.43 bits per heavy atom. The summed E-state index contributed by atoms with van der Waals surface area (Å²) in [5, 5.41) is 20.3. The molecule has 154 valence electrons. The van der Waals surface area contributed by atoms with E-state index in [-0.39, 0.29) is 11.5 Å². The molecule has 5 heteroatoms. The minimum atomic E-state index is 0.246. The molecule has 0 aliphatic rings. The molecule has 3 rings (SSSR count). The van der Waals surface area contributed by atoms with E-state index in [0.29, 0.717) is 0 Å². The van der Waals surface area contributed by atoms with E-state index in [1.807, 2.05) is 105 Å². The number of aromatic hydroxyl groups is 2. The summed E-state index contributed by atoms with van der Waals surface area (Å²) in [6.45, 7) is 0. The number of phenols is 2. The normalized spacial score (nSPS) is 11.3. The van der Waals surface area contributed by atoms with Gasteiger partial charge in [-0.2, -0.15) is 0 Å². The standard InChI is InChI=1S/C25H27N3O2/c1-27(2)22-14-10-18(16-24(22)29)8-12-20-6-5-7-21(26-20)13-9-19-11-15-23(28(3)4)25(30)17-19/h5-17,29-30H,1-4H3/b12-8+,13-9+. The molecule has 0 amide bonds. The third-order valence-corrected chi connectivity index (χ3v) is 4.65. The number of pyridine rings is 1. The first kappa shape index (κ1) is 21.0. The van der Waals surface area contributed by atoms with E-state index in [1.54, 1.807) is 12.1 Å². The Hall–Kier alpha value is -3.73. The first-order valence-electron chi connectivity index (χ1n) is 9.67. The molecule has 30 heavy (non-hydrogen) atoms. The Morgan fingerprint density at radius 1 is 0.633 bits per heavy atom. The van der Waals surface area contributed by atoms with E-state index in [2.05, 4.69) is 4.98 Å². The molecule has 0 saturated carbocycles. The number of rotatable bonds is 6. The molecule has 0 atom stereocenters. The molecule has 1 heterocycles. The largest absolute Gasteiger partial charge is 0.506 e. The molecule has 1 aromatic heterocycles. The monoisotopic (exact) mass is 401 g/mol. The van der Waals surface area contributed by atoms with Crippen molar-refractivity contribution in [2.45, 2.75) is 0 Å². The lowest BCUT2D eigenvalue weighted by molar-refractivity contribution is 0.475. The zero-order valence-electron chi connectivity index (χ0n) is 17.7. The smallest absolute Gasteiger partial charge is 0.139 e. The van der Waals surface area contributed by atoms with E-state index in [9.17, 15) is 10.2 Å². The molecule has 0 saturated heterocycles. The van der Waals surface area contributed by atoms with E-state index in [0.717, 1.165) is 33.9 Å². The second kappa shape index (κ2) is 9.18. The van der Waals surface area contributed by atoms with Crippen LogP contribution in [0.25, 0.3) is 24.3 Å². The number of nitrogens with zero attached hydrogens (tertiary/aromatic N) is 3. The van der Waals surface area contributed by atoms with Gasteiger partial charge in [-0.3, -0.25) is 0 Å². The van der Waals surface area contributed by atoms with Crippen molar-refractivity contribution in [3.8, 4) is 11.5 Å². The zero-order valence-corrected chi connectivity index (χ0v) is 17.7. The van der Waals surface area contributed by atoms with Gasteiger partial charge in [0.2, 0.25) is 0 Å². The maximum Gasteiger partial charge on any atom is 0.139 e. The molecule has 5 nitrogen and oxygen atoms in total. The van der Waals surface area contributed by atoms with Crippen LogP contribution >= 0.6 is 0 Å². The van der Waals surface area contributed by atoms with E-state index >= 15 is 0 Å². The summed E-state index contributed by atoms with van der Waals surface area (Å²) in [6, 6.07) is 17.0. The molecule has 0 radical (unpaired) electrons. The highest BCUT2D eigenvalue weighted by atomic mass is 16.3. The molecule has 0 aliphatic heterocycles. The van der Waals surface area contributed by atoms with Gasteiger partial charge in [0.1, 0.15) is 11.5 Å². The summed E-state index contributed by atoms with van der Waals surface area (Å²) >= 11 is 0. The molecule has 3 aromatic rings. The van der Waals surface area contributed by atoms with Crippen molar-refractivity contribution in [2.24, 2.45) is 0 Å². The van der Waals surface area contributed by atoms with Gasteiger partial charge in [-0.15, -0.1) is 0 Å². The van der Waals surface area contributed by atoms with Crippen LogP contribution in [0.3, 0.4) is 0 Å². The summed E-state index contributed by atoms with van der Waals surface area (Å²) in [7, 11) is 7.58. The fraction of sp³-hybridized carbons (Fsp3) is 0.160. The number of aromatic nitrogens is 1. The third kappa shape index (κ3) is 5.20. The molecule has 0 bridgehead atoms. The number of hydrogen-bond donors (Lipinski definition) is 2. The average molecular weight is 402 g/mol. The van der Waals surface area contributed by atoms with Gasteiger partial charge >= 0.3 is 0 Å². The molecular weight excluding hydrogens is 374 g/mol. The molecular formula is C25H27N3O2. The van der Waals surface area contributed by atoms with Crippen molar-refractivity contribution < 1.29 is 10.2 Å². The highest BCUT2D eigenvalue weighted by Crippen LogP contribution is 2.28. The minimum Gasteiger partial charge on any atom is -0.506 e. The van der Waals surface area contributed by atoms with Crippen molar-refractivity contribution in [1.82, 2.24) is 4.98 Å². The van der Waals surface area contributed by atoms with Crippen LogP contribution in [0.2, 0.25) is 0 Å². The quantitative estimate of drug-likeness (QED) is 0.611. The maximum absolute atomic E-state index is 10.1. The van der Waals surface area contributed by atoms with Gasteiger partial charge in [0.15, 0.2) is 0 Å². The topological polar surface area (TPSA) is 59.8 Å². The van der Waals surface area contributed by atoms with Gasteiger partial charge in [0.25, 0.3) is 0 Å². The van der Waals surface area contributed by atoms with Crippen molar-refractivity contribution in [3.63, 3.8) is 0 Å². The highest BCUT2D eigenvalue weighted by molar-refractivity contribution is 5.74. The van der Waals surface area contributed by atoms with Crippen molar-refractivity contribution >= 4 is 35.7 Å². The number of phenolic OH excluding ortho intramolecular Hbond substituents is 2. The van der Waals surface area contributed by atoms with Gasteiger partial charge in [0.05, 0.1) is 22.8 Å². The third-order valence-electron chi connectivity index (χ3n) is 4.65. The lowest BCUT2D eigenvalue weighted by atomic mass is 10.1. The molecule has 0 spiro atoms. The summed E-state index contributed by atoms with van der Waals surface area (Å²) < 4.78 is 0. The van der Waals surface area contributed by atoms with E-state index in [4.69, 9.17) is 0 Å². The fourth-order valence-corrected chi connectivity index (χ4v) is 3.06. The van der Waals surface area contributed by atoms with Crippen molar-refractivity contribution in [3.05, 3.63) is 77.1 Å². The molecule has 0 aliphatic carbocycles. The Balaban J connectivity index is 1.75. The molecule has 0 fully saturated rings. The maximum atomic E-state index is 10.1. The number of benzene rings is 2. The van der Waals surface area contributed by atoms with Gasteiger partial charge in [-0.05, 0) is 59.7 Å². The Kier molecular flexibility index (Phi) is 6.42. The van der Waals surface area contributed by atoms with Crippen LogP contribution < -0.4 is 9.80 Å². The first-order valence-corrected chi connectivity index (χ1v) is 9.67. The van der Waals surface area contributed by atoms with Crippen LogP contribution in [0.1, 0.15) is 22.5 Å². The Bertz CT molecular complexity index is 1000. The van der Waals surface area contributed by atoms with Crippen LogP contribution in [0.4, 0.5) is 11.4 Å². The number of hydrogen-bond acceptors (Lipinski definition) is 5. The number of anilines is 2. The van der Waals surface area contributed by atoms with Crippen LogP contribution in [-0.4, -0.2) is 43.4 Å². The van der Waals surface area contributed by atoms with Gasteiger partial charge in [-0.1, -0.05) is 30.4 Å². The molecule has 0 unspecified atom stereocenters. The second-order valence-electron chi connectivity index (χ2n) is 7.44. The van der Waals surface area contributed by atoms with Crippen LogP contribution in [0.5, 0.6) is 11.5 Å².